The average Bonchev–Trinajstić information content (AvgIpc) is 2.25. The highest BCUT2D eigenvalue weighted by Gasteiger charge is 2.25. The first kappa shape index (κ1) is 12.5. The van der Waals surface area contributed by atoms with Gasteiger partial charge in [-0.05, 0) is 17.9 Å². The van der Waals surface area contributed by atoms with Gasteiger partial charge in [0.1, 0.15) is 0 Å². The second-order valence-corrected chi connectivity index (χ2v) is 4.27. The number of nitrogens with one attached hydrogen (secondary N) is 1. The lowest BCUT2D eigenvalue weighted by atomic mass is 9.89. The fraction of sp³-hybridized carbons (Fsp3) is 0.357. The molecule has 0 unspecified atom stereocenters. The van der Waals surface area contributed by atoms with Crippen LogP contribution in [0.5, 0.6) is 0 Å². The highest BCUT2D eigenvalue weighted by atomic mass is 16.1. The molecule has 1 rings (SSSR count). The molecule has 0 radical (unpaired) electrons. The van der Waals surface area contributed by atoms with Crippen LogP contribution in [0.4, 0.5) is 0 Å². The number of carbonyl (C=O) groups is 1. The minimum atomic E-state index is -0.0244. The highest BCUT2D eigenvalue weighted by Crippen LogP contribution is 2.23. The van der Waals surface area contributed by atoms with Crippen molar-refractivity contribution in [2.24, 2.45) is 5.92 Å². The van der Waals surface area contributed by atoms with Crippen molar-refractivity contribution in [3.05, 3.63) is 48.6 Å². The molecule has 2 heteroatoms. The molecule has 2 nitrogen and oxygen atoms in total. The smallest absolute Gasteiger partial charge is 0.251 e. The minimum absolute atomic E-state index is 0.0244. The Balaban J connectivity index is 3.03. The van der Waals surface area contributed by atoms with Crippen LogP contribution in [0.3, 0.4) is 0 Å². The van der Waals surface area contributed by atoms with E-state index in [-0.39, 0.29) is 11.9 Å². The molecule has 1 aliphatic rings. The van der Waals surface area contributed by atoms with Gasteiger partial charge in [0.05, 0.1) is 0 Å². The zero-order valence-electron chi connectivity index (χ0n) is 9.99. The van der Waals surface area contributed by atoms with E-state index < -0.39 is 0 Å². The van der Waals surface area contributed by atoms with Crippen molar-refractivity contribution in [2.45, 2.75) is 26.3 Å². The molecule has 0 saturated heterocycles. The summed E-state index contributed by atoms with van der Waals surface area (Å²) in [5.74, 6) is 0.408. The first-order valence-corrected chi connectivity index (χ1v) is 5.55. The second-order valence-electron chi connectivity index (χ2n) is 4.27. The molecule has 0 aromatic heterocycles. The normalized spacial score (nSPS) is 21.4. The number of rotatable bonds is 4. The van der Waals surface area contributed by atoms with Crippen LogP contribution in [0, 0.1) is 5.92 Å². The predicted molar refractivity (Wildman–Crippen MR) is 67.9 cm³/mol. The van der Waals surface area contributed by atoms with Gasteiger partial charge in [-0.3, -0.25) is 4.79 Å². The van der Waals surface area contributed by atoms with E-state index in [4.69, 9.17) is 0 Å². The van der Waals surface area contributed by atoms with Crippen molar-refractivity contribution >= 4 is 5.91 Å². The molecule has 0 aromatic carbocycles. The lowest BCUT2D eigenvalue weighted by Gasteiger charge is -2.28. The molecule has 0 bridgehead atoms. The van der Waals surface area contributed by atoms with Gasteiger partial charge < -0.3 is 5.32 Å². The summed E-state index contributed by atoms with van der Waals surface area (Å²) in [6.45, 7) is 11.5. The monoisotopic (exact) mass is 217 g/mol. The van der Waals surface area contributed by atoms with Crippen molar-refractivity contribution < 1.29 is 4.79 Å². The fourth-order valence-electron chi connectivity index (χ4n) is 1.76. The lowest BCUT2D eigenvalue weighted by Crippen LogP contribution is -2.42. The van der Waals surface area contributed by atoms with Crippen molar-refractivity contribution in [3.8, 4) is 0 Å². The Morgan fingerprint density at radius 3 is 2.62 bits per heavy atom. The zero-order chi connectivity index (χ0) is 12.1. The molecule has 0 aromatic rings. The molecular weight excluding hydrogens is 198 g/mol. The summed E-state index contributed by atoms with van der Waals surface area (Å²) in [4.78, 5) is 11.8. The molecule has 1 atom stereocenters. The number of carbonyl (C=O) groups excluding carboxylic acids is 1. The van der Waals surface area contributed by atoms with Crippen molar-refractivity contribution in [1.29, 1.82) is 0 Å². The van der Waals surface area contributed by atoms with Gasteiger partial charge in [0.2, 0.25) is 0 Å². The van der Waals surface area contributed by atoms with Crippen molar-refractivity contribution in [1.82, 2.24) is 5.32 Å². The molecule has 1 N–H and O–H groups in total. The standard InChI is InChI=1S/C14H19NO/c1-5-7-8-11-9-13(10(3)4)15-14(16)12(11)6-2/h5-8,10,13H,1-2,9H2,3-4H3,(H,15,16)/b8-7-/t13-/m1/s1. The predicted octanol–water partition coefficient (Wildman–Crippen LogP) is 2.76. The summed E-state index contributed by atoms with van der Waals surface area (Å²) in [5, 5.41) is 3.00. The number of amides is 1. The second kappa shape index (κ2) is 5.50. The maximum absolute atomic E-state index is 11.8. The third-order valence-corrected chi connectivity index (χ3v) is 2.79. The van der Waals surface area contributed by atoms with Gasteiger partial charge in [0.15, 0.2) is 0 Å². The number of allylic oxidation sites excluding steroid dienone is 3. The van der Waals surface area contributed by atoms with Crippen LogP contribution in [0.1, 0.15) is 20.3 Å². The van der Waals surface area contributed by atoms with E-state index in [1.54, 1.807) is 12.2 Å². The van der Waals surface area contributed by atoms with Gasteiger partial charge >= 0.3 is 0 Å². The van der Waals surface area contributed by atoms with Gasteiger partial charge in [-0.15, -0.1) is 0 Å². The van der Waals surface area contributed by atoms with Gasteiger partial charge in [0.25, 0.3) is 5.91 Å². The van der Waals surface area contributed by atoms with Crippen LogP contribution in [0.25, 0.3) is 0 Å². The first-order chi connectivity index (χ1) is 7.60. The Kier molecular flexibility index (Phi) is 4.29. The minimum Gasteiger partial charge on any atom is -0.349 e. The van der Waals surface area contributed by atoms with E-state index in [0.717, 1.165) is 12.0 Å². The summed E-state index contributed by atoms with van der Waals surface area (Å²) in [6, 6.07) is 0.209. The molecule has 0 spiro atoms. The largest absolute Gasteiger partial charge is 0.349 e. The molecule has 0 saturated carbocycles. The molecule has 16 heavy (non-hydrogen) atoms. The van der Waals surface area contributed by atoms with Crippen LogP contribution in [0.15, 0.2) is 48.6 Å². The Hall–Kier alpha value is -1.57. The molecule has 0 fully saturated rings. The summed E-state index contributed by atoms with van der Waals surface area (Å²) in [5.41, 5.74) is 1.72. The van der Waals surface area contributed by atoms with E-state index >= 15 is 0 Å². The van der Waals surface area contributed by atoms with Crippen molar-refractivity contribution in [2.75, 3.05) is 0 Å². The Labute approximate surface area is 97.4 Å². The van der Waals surface area contributed by atoms with E-state index in [9.17, 15) is 4.79 Å². The van der Waals surface area contributed by atoms with Crippen molar-refractivity contribution in [3.63, 3.8) is 0 Å². The van der Waals surface area contributed by atoms with Gasteiger partial charge in [-0.25, -0.2) is 0 Å². The zero-order valence-corrected chi connectivity index (χ0v) is 9.99. The molecule has 86 valence electrons. The summed E-state index contributed by atoms with van der Waals surface area (Å²) in [7, 11) is 0. The number of hydrogen-bond acceptors (Lipinski definition) is 1. The van der Waals surface area contributed by atoms with Crippen LogP contribution >= 0.6 is 0 Å². The first-order valence-electron chi connectivity index (χ1n) is 5.55. The Morgan fingerprint density at radius 1 is 1.44 bits per heavy atom. The maximum Gasteiger partial charge on any atom is 0.251 e. The van der Waals surface area contributed by atoms with E-state index in [1.807, 2.05) is 12.2 Å². The van der Waals surface area contributed by atoms with Crippen LogP contribution in [-0.2, 0) is 4.79 Å². The van der Waals surface area contributed by atoms with Gasteiger partial charge in [-0.2, -0.15) is 0 Å². The van der Waals surface area contributed by atoms with E-state index in [1.165, 1.54) is 0 Å². The molecule has 0 aliphatic carbocycles. The summed E-state index contributed by atoms with van der Waals surface area (Å²) < 4.78 is 0. The molecule has 1 heterocycles. The van der Waals surface area contributed by atoms with E-state index in [2.05, 4.69) is 32.3 Å². The molecule has 1 aliphatic heterocycles. The van der Waals surface area contributed by atoms with Gasteiger partial charge in [0, 0.05) is 11.6 Å². The third-order valence-electron chi connectivity index (χ3n) is 2.79. The van der Waals surface area contributed by atoms with E-state index in [0.29, 0.717) is 11.5 Å². The average molecular weight is 217 g/mol. The van der Waals surface area contributed by atoms with Crippen LogP contribution in [-0.4, -0.2) is 11.9 Å². The topological polar surface area (TPSA) is 29.1 Å². The van der Waals surface area contributed by atoms with Crippen LogP contribution in [0.2, 0.25) is 0 Å². The van der Waals surface area contributed by atoms with Crippen LogP contribution < -0.4 is 5.32 Å². The quantitative estimate of drug-likeness (QED) is 0.721. The highest BCUT2D eigenvalue weighted by molar-refractivity contribution is 5.98. The summed E-state index contributed by atoms with van der Waals surface area (Å²) >= 11 is 0. The SMILES string of the molecule is C=C/C=C\C1=C(C=C)C(=O)N[C@@H](C(C)C)C1. The lowest BCUT2D eigenvalue weighted by molar-refractivity contribution is -0.118. The number of hydrogen-bond donors (Lipinski definition) is 1. The molecule has 1 amide bonds. The summed E-state index contributed by atoms with van der Waals surface area (Å²) in [6.07, 6.45) is 7.99. The fourth-order valence-corrected chi connectivity index (χ4v) is 1.76. The van der Waals surface area contributed by atoms with Gasteiger partial charge in [-0.1, -0.05) is 51.3 Å². The maximum atomic E-state index is 11.8. The third kappa shape index (κ3) is 2.72. The Bertz CT molecular complexity index is 361. The Morgan fingerprint density at radius 2 is 2.12 bits per heavy atom. The molecular formula is C14H19NO.